The summed E-state index contributed by atoms with van der Waals surface area (Å²) in [5, 5.41) is -0.0787. The van der Waals surface area contributed by atoms with Crippen LogP contribution in [0.1, 0.15) is 45.2 Å². The second-order valence-corrected chi connectivity index (χ2v) is 18.1. The monoisotopic (exact) mass is 597 g/mol. The molecule has 1 amide bonds. The van der Waals surface area contributed by atoms with Gasteiger partial charge in [-0.15, -0.1) is 0 Å². The van der Waals surface area contributed by atoms with Crippen molar-refractivity contribution in [3.63, 3.8) is 0 Å². The number of ether oxygens (including phenoxy) is 1. The molecule has 0 radical (unpaired) electrons. The second kappa shape index (κ2) is 14.6. The summed E-state index contributed by atoms with van der Waals surface area (Å²) in [6.07, 6.45) is 4.58. The molecule has 40 heavy (non-hydrogen) atoms. The van der Waals surface area contributed by atoms with E-state index in [1.54, 1.807) is 24.8 Å². The minimum atomic E-state index is -2.32. The van der Waals surface area contributed by atoms with Crippen LogP contribution >= 0.6 is 24.0 Å². The maximum Gasteiger partial charge on any atom is 0.330 e. The van der Waals surface area contributed by atoms with E-state index in [1.165, 1.54) is 11.6 Å². The molecule has 1 aliphatic rings. The summed E-state index contributed by atoms with van der Waals surface area (Å²) in [5.74, 6) is -0.231. The van der Waals surface area contributed by atoms with Gasteiger partial charge in [0, 0.05) is 11.8 Å². The molecule has 0 aliphatic carbocycles. The average Bonchev–Trinajstić information content (AvgIpc) is 3.27. The Hall–Kier alpha value is -2.26. The number of thiocarbonyl (C=S) groups is 1. The molecule has 2 aromatic rings. The fourth-order valence-corrected chi connectivity index (χ4v) is 7.18. The fourth-order valence-electron chi connectivity index (χ4n) is 4.48. The Morgan fingerprint density at radius 1 is 1.07 bits per heavy atom. The first-order valence-corrected chi connectivity index (χ1v) is 18.3. The molecule has 2 aromatic carbocycles. The first kappa shape index (κ1) is 32.3. The highest BCUT2D eigenvalue weighted by Gasteiger charge is 2.44. The van der Waals surface area contributed by atoms with Crippen molar-refractivity contribution in [1.82, 2.24) is 4.90 Å². The molecular weight excluding hydrogens is 555 g/mol. The Labute approximate surface area is 250 Å². The summed E-state index contributed by atoms with van der Waals surface area (Å²) in [5.41, 5.74) is 2.33. The Balaban J connectivity index is 1.99. The molecule has 1 saturated heterocycles. The van der Waals surface area contributed by atoms with Crippen LogP contribution in [0, 0.1) is 5.92 Å². The summed E-state index contributed by atoms with van der Waals surface area (Å²) in [7, 11) is -2.32. The first-order valence-electron chi connectivity index (χ1n) is 14.0. The maximum absolute atomic E-state index is 14.5. The number of benzene rings is 2. The molecule has 1 heterocycles. The Bertz CT molecular complexity index is 1160. The molecule has 0 unspecified atom stereocenters. The lowest BCUT2D eigenvalue weighted by molar-refractivity contribution is -0.138. The molecule has 0 spiro atoms. The van der Waals surface area contributed by atoms with Crippen molar-refractivity contribution in [2.75, 3.05) is 12.4 Å². The van der Waals surface area contributed by atoms with Crippen molar-refractivity contribution < 1.29 is 18.8 Å². The van der Waals surface area contributed by atoms with Gasteiger partial charge in [-0.1, -0.05) is 105 Å². The standard InChI is InChI=1S/C32H43NO4S2Si/c1-7-36-29(34)21-20-28(37-40(5,6)32(2,3)4)27(19-18-24-14-10-8-11-15-24)30(35)33-26(23-39-31(33)38)22-25-16-12-9-13-17-25/h8-17,20-21,26-28H,7,18-19,22-23H2,1-6H3/t26-,27-,28+/m0/s1. The van der Waals surface area contributed by atoms with Crippen LogP contribution in [0.3, 0.4) is 0 Å². The minimum absolute atomic E-state index is 0.0332. The molecule has 3 atom stereocenters. The molecular formula is C32H43NO4S2Si. The normalized spacial score (nSPS) is 17.7. The van der Waals surface area contributed by atoms with Gasteiger partial charge in [0.05, 0.1) is 24.7 Å². The number of aryl methyl sites for hydroxylation is 1. The zero-order valence-electron chi connectivity index (χ0n) is 24.6. The number of amides is 1. The van der Waals surface area contributed by atoms with Crippen LogP contribution in [-0.4, -0.2) is 53.9 Å². The molecule has 0 saturated carbocycles. The highest BCUT2D eigenvalue weighted by molar-refractivity contribution is 8.23. The second-order valence-electron chi connectivity index (χ2n) is 11.7. The molecule has 8 heteroatoms. The highest BCUT2D eigenvalue weighted by Crippen LogP contribution is 2.39. The van der Waals surface area contributed by atoms with Crippen LogP contribution in [0.15, 0.2) is 72.8 Å². The molecule has 5 nitrogen and oxygen atoms in total. The highest BCUT2D eigenvalue weighted by atomic mass is 32.2. The molecule has 1 fully saturated rings. The number of nitrogens with zero attached hydrogens (tertiary/aromatic N) is 1. The SMILES string of the molecule is CCOC(=O)C=C[C@@H](O[Si](C)(C)C(C)(C)C)[C@H](CCc1ccccc1)C(=O)N1C(=S)SC[C@@H]1Cc1ccccc1. The van der Waals surface area contributed by atoms with Gasteiger partial charge in [0.1, 0.15) is 4.32 Å². The summed E-state index contributed by atoms with van der Waals surface area (Å²) >= 11 is 7.31. The van der Waals surface area contributed by atoms with Gasteiger partial charge < -0.3 is 9.16 Å². The summed E-state index contributed by atoms with van der Waals surface area (Å²) < 4.78 is 12.7. The van der Waals surface area contributed by atoms with Crippen LogP contribution in [0.4, 0.5) is 0 Å². The van der Waals surface area contributed by atoms with Crippen molar-refractivity contribution >= 4 is 48.5 Å². The van der Waals surface area contributed by atoms with Crippen LogP contribution in [0.5, 0.6) is 0 Å². The average molecular weight is 598 g/mol. The number of hydrogen-bond acceptors (Lipinski definition) is 6. The lowest BCUT2D eigenvalue weighted by Gasteiger charge is -2.41. The molecule has 216 valence electrons. The van der Waals surface area contributed by atoms with E-state index in [4.69, 9.17) is 21.4 Å². The third-order valence-electron chi connectivity index (χ3n) is 7.76. The van der Waals surface area contributed by atoms with E-state index >= 15 is 0 Å². The molecule has 1 aliphatic heterocycles. The lowest BCUT2D eigenvalue weighted by atomic mass is 9.91. The van der Waals surface area contributed by atoms with E-state index in [2.05, 4.69) is 58.1 Å². The van der Waals surface area contributed by atoms with Gasteiger partial charge in [-0.05, 0) is 61.5 Å². The third-order valence-corrected chi connectivity index (χ3v) is 13.8. The molecule has 0 bridgehead atoms. The Morgan fingerprint density at radius 2 is 1.68 bits per heavy atom. The van der Waals surface area contributed by atoms with Crippen molar-refractivity contribution in [3.05, 3.63) is 83.9 Å². The summed E-state index contributed by atoms with van der Waals surface area (Å²) in [4.78, 5) is 28.7. The van der Waals surface area contributed by atoms with Crippen molar-refractivity contribution in [2.45, 2.75) is 77.2 Å². The third kappa shape index (κ3) is 8.87. The number of carbonyl (C=O) groups is 2. The van der Waals surface area contributed by atoms with E-state index in [-0.39, 0.29) is 23.6 Å². The molecule has 0 aromatic heterocycles. The smallest absolute Gasteiger partial charge is 0.330 e. The number of rotatable bonds is 12. The van der Waals surface area contributed by atoms with Gasteiger partial charge in [-0.25, -0.2) is 4.79 Å². The predicted molar refractivity (Wildman–Crippen MR) is 172 cm³/mol. The van der Waals surface area contributed by atoms with E-state index in [0.717, 1.165) is 17.7 Å². The quantitative estimate of drug-likeness (QED) is 0.111. The van der Waals surface area contributed by atoms with E-state index in [9.17, 15) is 9.59 Å². The van der Waals surface area contributed by atoms with E-state index in [1.807, 2.05) is 41.3 Å². The zero-order valence-corrected chi connectivity index (χ0v) is 27.2. The zero-order chi connectivity index (χ0) is 29.3. The summed E-state index contributed by atoms with van der Waals surface area (Å²) in [6, 6.07) is 20.4. The number of hydrogen-bond donors (Lipinski definition) is 0. The van der Waals surface area contributed by atoms with Crippen LogP contribution in [0.25, 0.3) is 0 Å². The topological polar surface area (TPSA) is 55.8 Å². The Morgan fingerprint density at radius 3 is 2.25 bits per heavy atom. The number of carbonyl (C=O) groups excluding carboxylic acids is 2. The van der Waals surface area contributed by atoms with Crippen molar-refractivity contribution in [3.8, 4) is 0 Å². The van der Waals surface area contributed by atoms with Crippen molar-refractivity contribution in [1.29, 1.82) is 0 Å². The minimum Gasteiger partial charge on any atom is -0.463 e. The van der Waals surface area contributed by atoms with Gasteiger partial charge in [0.2, 0.25) is 5.91 Å². The van der Waals surface area contributed by atoms with Gasteiger partial charge in [-0.3, -0.25) is 9.69 Å². The van der Waals surface area contributed by atoms with Crippen molar-refractivity contribution in [2.24, 2.45) is 5.92 Å². The lowest BCUT2D eigenvalue weighted by Crippen LogP contribution is -2.50. The maximum atomic E-state index is 14.5. The largest absolute Gasteiger partial charge is 0.463 e. The van der Waals surface area contributed by atoms with Gasteiger partial charge in [0.15, 0.2) is 8.32 Å². The van der Waals surface area contributed by atoms with Crippen LogP contribution in [-0.2, 0) is 31.6 Å². The number of thioether (sulfide) groups is 1. The van der Waals surface area contributed by atoms with Crippen LogP contribution < -0.4 is 0 Å². The molecule has 0 N–H and O–H groups in total. The number of esters is 1. The predicted octanol–water partition coefficient (Wildman–Crippen LogP) is 7.22. The van der Waals surface area contributed by atoms with Crippen LogP contribution in [0.2, 0.25) is 18.1 Å². The van der Waals surface area contributed by atoms with Gasteiger partial charge >= 0.3 is 5.97 Å². The Kier molecular flexibility index (Phi) is 11.8. The van der Waals surface area contributed by atoms with E-state index < -0.39 is 26.3 Å². The van der Waals surface area contributed by atoms with Gasteiger partial charge in [-0.2, -0.15) is 0 Å². The first-order chi connectivity index (χ1) is 18.9. The summed E-state index contributed by atoms with van der Waals surface area (Å²) in [6.45, 7) is 12.9. The van der Waals surface area contributed by atoms with Gasteiger partial charge in [0.25, 0.3) is 0 Å². The van der Waals surface area contributed by atoms with E-state index in [0.29, 0.717) is 17.2 Å². The molecule has 3 rings (SSSR count). The fraction of sp³-hybridized carbons (Fsp3) is 0.469.